The Morgan fingerprint density at radius 2 is 0.644 bits per heavy atom. The number of hydrogen-bond donors (Lipinski definition) is 24. The standard InChI is InChI=1S/8C10H22O3/c1-4-9(12)10(13)5-8(6-11)7(2)3;1-4-8(12)5-10(13)9(6-11)7(2)3;1-4-9(12)10(13)8(6-11)5-7(2)3;1-4-8(6-11)10(13)9(12)5-7(2)3;1-4-10(13,7-11)9(12)6-5-8(2)3;1-4-9(12)10(13,7-11)6-5-8(2)3;2*1-4-5-9(12)10(13)8(6-11)7(2)3/h4*7-13H,4-6H2,1-3H3;2*8-9,11-13H,4-7H2,1-3H3;2*7-13H,4-6H2,1-3H3. The highest BCUT2D eigenvalue weighted by molar-refractivity contribution is 4.87. The van der Waals surface area contributed by atoms with Gasteiger partial charge in [0, 0.05) is 69.2 Å². The van der Waals surface area contributed by atoms with Crippen LogP contribution in [0.15, 0.2) is 0 Å². The van der Waals surface area contributed by atoms with Crippen molar-refractivity contribution in [2.75, 3.05) is 52.9 Å². The first kappa shape index (κ1) is 119. The van der Waals surface area contributed by atoms with Crippen molar-refractivity contribution in [2.24, 2.45) is 82.9 Å². The van der Waals surface area contributed by atoms with Gasteiger partial charge in [0.1, 0.15) is 11.2 Å². The molecule has 0 heterocycles. The van der Waals surface area contributed by atoms with Crippen molar-refractivity contribution >= 4 is 0 Å². The summed E-state index contributed by atoms with van der Waals surface area (Å²) in [6.45, 7) is 45.9. The van der Waals surface area contributed by atoms with Gasteiger partial charge in [-0.1, -0.05) is 179 Å². The number of rotatable bonds is 48. The Hall–Kier alpha value is -0.960. The van der Waals surface area contributed by atoms with Crippen LogP contribution in [0.2, 0.25) is 0 Å². The summed E-state index contributed by atoms with van der Waals surface area (Å²) in [4.78, 5) is 0. The smallest absolute Gasteiger partial charge is 0.113 e. The lowest BCUT2D eigenvalue weighted by atomic mass is 9.87. The van der Waals surface area contributed by atoms with E-state index in [4.69, 9.17) is 40.9 Å². The quantitative estimate of drug-likeness (QED) is 0.0310. The van der Waals surface area contributed by atoms with Crippen LogP contribution in [0.1, 0.15) is 282 Å². The Labute approximate surface area is 634 Å². The largest absolute Gasteiger partial charge is 0.396 e. The average molecular weight is 1520 g/mol. The summed E-state index contributed by atoms with van der Waals surface area (Å²) in [5.74, 6) is 1.84. The zero-order chi connectivity index (χ0) is 83.6. The van der Waals surface area contributed by atoms with Crippen molar-refractivity contribution in [3.8, 4) is 0 Å². The van der Waals surface area contributed by atoms with Crippen molar-refractivity contribution in [3.05, 3.63) is 0 Å². The van der Waals surface area contributed by atoms with E-state index in [9.17, 15) is 81.7 Å². The van der Waals surface area contributed by atoms with Crippen LogP contribution in [0.5, 0.6) is 0 Å². The lowest BCUT2D eigenvalue weighted by molar-refractivity contribution is -0.112. The molecule has 24 N–H and O–H groups in total. The van der Waals surface area contributed by atoms with E-state index >= 15 is 0 Å². The summed E-state index contributed by atoms with van der Waals surface area (Å²) in [5.41, 5.74) is -2.62. The van der Waals surface area contributed by atoms with E-state index in [1.807, 2.05) is 125 Å². The summed E-state index contributed by atoms with van der Waals surface area (Å²) in [6, 6.07) is 0. The number of aliphatic hydroxyl groups is 24. The summed E-state index contributed by atoms with van der Waals surface area (Å²) < 4.78 is 0. The predicted octanol–water partition coefficient (Wildman–Crippen LogP) is 6.47. The van der Waals surface area contributed by atoms with Crippen LogP contribution in [0.3, 0.4) is 0 Å². The minimum absolute atomic E-state index is 0.0186. The van der Waals surface area contributed by atoms with Crippen LogP contribution in [0.25, 0.3) is 0 Å². The Morgan fingerprint density at radius 3 is 0.913 bits per heavy atom. The molecule has 22 atom stereocenters. The third-order valence-corrected chi connectivity index (χ3v) is 19.7. The van der Waals surface area contributed by atoms with E-state index in [-0.39, 0.29) is 106 Å². The van der Waals surface area contributed by atoms with Gasteiger partial charge in [0.2, 0.25) is 0 Å². The van der Waals surface area contributed by atoms with Gasteiger partial charge in [-0.25, -0.2) is 0 Å². The Morgan fingerprint density at radius 1 is 0.260 bits per heavy atom. The number of aliphatic hydroxyl groups excluding tert-OH is 22. The zero-order valence-electron chi connectivity index (χ0n) is 70.3. The molecule has 0 bridgehead atoms. The highest BCUT2D eigenvalue weighted by Crippen LogP contribution is 2.26. The van der Waals surface area contributed by atoms with Gasteiger partial charge >= 0.3 is 0 Å². The molecular weight excluding hydrogens is 1340 g/mol. The fourth-order valence-electron chi connectivity index (χ4n) is 11.0. The van der Waals surface area contributed by atoms with Gasteiger partial charge < -0.3 is 123 Å². The predicted molar refractivity (Wildman–Crippen MR) is 419 cm³/mol. The highest BCUT2D eigenvalue weighted by atomic mass is 16.4. The van der Waals surface area contributed by atoms with E-state index < -0.39 is 96.7 Å². The normalized spacial score (nSPS) is 18.7. The first-order valence-electron chi connectivity index (χ1n) is 39.9. The molecule has 0 saturated heterocycles. The molecule has 0 fully saturated rings. The molecule has 0 aliphatic heterocycles. The van der Waals surface area contributed by atoms with Crippen LogP contribution in [0.4, 0.5) is 0 Å². The fourth-order valence-corrected chi connectivity index (χ4v) is 11.0. The number of hydrogen-bond acceptors (Lipinski definition) is 24. The van der Waals surface area contributed by atoms with Gasteiger partial charge in [-0.05, 0) is 156 Å². The van der Waals surface area contributed by atoms with Gasteiger partial charge in [-0.3, -0.25) is 0 Å². The molecule has 0 aliphatic rings. The SMILES string of the molecule is CCC(CO)C(O)C(O)CC(C)C.CCC(O)(CO)C(O)CCC(C)C.CCC(O)C(O)(CO)CCC(C)C.CCC(O)C(O)C(CO)CC(C)C.CCC(O)C(O)CC(CO)C(C)C.CCC(O)CC(O)C(CO)C(C)C.CCCC(O)C(O)C(CO)C(C)C.CCCC(O)C(O)C(CO)C(C)C. The van der Waals surface area contributed by atoms with Crippen molar-refractivity contribution in [1.82, 2.24) is 0 Å². The van der Waals surface area contributed by atoms with Gasteiger partial charge in [-0.2, -0.15) is 0 Å². The second kappa shape index (κ2) is 71.1. The highest BCUT2D eigenvalue weighted by Gasteiger charge is 2.35. The average Bonchev–Trinajstić information content (AvgIpc) is 0.891. The minimum atomic E-state index is -1.31. The summed E-state index contributed by atoms with van der Waals surface area (Å²) >= 11 is 0. The Kier molecular flexibility index (Phi) is 81.2. The second-order valence-corrected chi connectivity index (χ2v) is 32.1. The van der Waals surface area contributed by atoms with Crippen molar-refractivity contribution in [3.63, 3.8) is 0 Å². The van der Waals surface area contributed by atoms with Crippen molar-refractivity contribution in [1.29, 1.82) is 0 Å². The monoisotopic (exact) mass is 1520 g/mol. The maximum Gasteiger partial charge on any atom is 0.113 e. The molecule has 0 rings (SSSR count). The van der Waals surface area contributed by atoms with Crippen LogP contribution in [0, 0.1) is 82.9 Å². The zero-order valence-corrected chi connectivity index (χ0v) is 70.3. The maximum absolute atomic E-state index is 9.84. The molecular formula is C80H176O24. The third-order valence-electron chi connectivity index (χ3n) is 19.7. The fraction of sp³-hybridized carbons (Fsp3) is 1.00. The van der Waals surface area contributed by atoms with E-state index in [2.05, 4.69) is 27.7 Å². The Bertz CT molecular complexity index is 1710. The molecule has 0 aromatic heterocycles. The third kappa shape index (κ3) is 58.9. The topological polar surface area (TPSA) is 486 Å². The molecule has 0 amide bonds. The molecule has 0 aliphatic carbocycles. The van der Waals surface area contributed by atoms with Gasteiger partial charge in [0.25, 0.3) is 0 Å². The molecule has 0 saturated carbocycles. The lowest BCUT2D eigenvalue weighted by Crippen LogP contribution is -2.45. The summed E-state index contributed by atoms with van der Waals surface area (Å²) in [6.07, 6.45) is 0.877. The maximum atomic E-state index is 9.84. The lowest BCUT2D eigenvalue weighted by Gasteiger charge is -2.31. The van der Waals surface area contributed by atoms with Crippen LogP contribution < -0.4 is 0 Å². The van der Waals surface area contributed by atoms with E-state index in [1.54, 1.807) is 13.8 Å². The molecule has 22 unspecified atom stereocenters. The Balaban J connectivity index is -0.000000169. The molecule has 0 radical (unpaired) electrons. The molecule has 24 heteroatoms. The molecule has 0 spiro atoms. The summed E-state index contributed by atoms with van der Waals surface area (Å²) in [7, 11) is 0. The van der Waals surface area contributed by atoms with Crippen LogP contribution >= 0.6 is 0 Å². The molecule has 0 aromatic carbocycles. The van der Waals surface area contributed by atoms with E-state index in [0.717, 1.165) is 32.1 Å². The van der Waals surface area contributed by atoms with Crippen molar-refractivity contribution < 1.29 is 123 Å². The van der Waals surface area contributed by atoms with Gasteiger partial charge in [0.05, 0.1) is 98.7 Å². The minimum Gasteiger partial charge on any atom is -0.396 e. The summed E-state index contributed by atoms with van der Waals surface area (Å²) in [5, 5.41) is 225. The molecule has 640 valence electrons. The molecule has 104 heavy (non-hydrogen) atoms. The van der Waals surface area contributed by atoms with Gasteiger partial charge in [-0.15, -0.1) is 0 Å². The second-order valence-electron chi connectivity index (χ2n) is 32.1. The van der Waals surface area contributed by atoms with E-state index in [1.165, 1.54) is 0 Å². The first-order chi connectivity index (χ1) is 48.1. The molecule has 24 nitrogen and oxygen atoms in total. The first-order valence-corrected chi connectivity index (χ1v) is 39.9. The molecule has 0 aromatic rings. The van der Waals surface area contributed by atoms with Crippen LogP contribution in [-0.2, 0) is 0 Å². The van der Waals surface area contributed by atoms with Crippen molar-refractivity contribution in [2.45, 2.75) is 378 Å². The van der Waals surface area contributed by atoms with Crippen LogP contribution in [-0.4, -0.2) is 272 Å². The van der Waals surface area contributed by atoms with Gasteiger partial charge in [0.15, 0.2) is 0 Å². The van der Waals surface area contributed by atoms with E-state index in [0.29, 0.717) is 113 Å².